The number of nitriles is 1. The lowest BCUT2D eigenvalue weighted by atomic mass is 10.0. The molecule has 0 amide bonds. The number of carboxylic acid groups (broad SMARTS) is 1. The Morgan fingerprint density at radius 3 is 2.91 bits per heavy atom. The second-order valence-electron chi connectivity index (χ2n) is 4.77. The van der Waals surface area contributed by atoms with Gasteiger partial charge in [-0.05, 0) is 12.1 Å². The molecule has 3 aromatic rings. The highest BCUT2D eigenvalue weighted by Crippen LogP contribution is 2.29. The van der Waals surface area contributed by atoms with Crippen LogP contribution in [0, 0.1) is 11.3 Å². The molecule has 0 radical (unpaired) electrons. The average Bonchev–Trinajstić information content (AvgIpc) is 2.98. The van der Waals surface area contributed by atoms with Crippen molar-refractivity contribution in [1.82, 2.24) is 15.0 Å². The molecule has 6 heteroatoms. The van der Waals surface area contributed by atoms with Gasteiger partial charge in [0.1, 0.15) is 11.5 Å². The van der Waals surface area contributed by atoms with E-state index >= 15 is 0 Å². The monoisotopic (exact) mass is 292 g/mol. The molecule has 0 aliphatic carbocycles. The number of benzene rings is 1. The number of hydrogen-bond donors (Lipinski definition) is 2. The van der Waals surface area contributed by atoms with Gasteiger partial charge in [-0.2, -0.15) is 5.26 Å². The largest absolute Gasteiger partial charge is 0.478 e. The molecule has 108 valence electrons. The minimum atomic E-state index is -1.04. The third-order valence-corrected chi connectivity index (χ3v) is 3.39. The van der Waals surface area contributed by atoms with Crippen LogP contribution in [0.1, 0.15) is 28.7 Å². The third kappa shape index (κ3) is 2.19. The topological polar surface area (TPSA) is 103 Å². The van der Waals surface area contributed by atoms with Crippen molar-refractivity contribution in [2.75, 3.05) is 0 Å². The second-order valence-corrected chi connectivity index (χ2v) is 4.77. The molecule has 2 N–H and O–H groups in total. The number of carboxylic acids is 1. The summed E-state index contributed by atoms with van der Waals surface area (Å²) in [6, 6.07) is 9.02. The first kappa shape index (κ1) is 13.8. The lowest BCUT2D eigenvalue weighted by Crippen LogP contribution is -2.00. The quantitative estimate of drug-likeness (QED) is 0.772. The maximum Gasteiger partial charge on any atom is 0.338 e. The third-order valence-electron chi connectivity index (χ3n) is 3.39. The highest BCUT2D eigenvalue weighted by atomic mass is 16.4. The van der Waals surface area contributed by atoms with Gasteiger partial charge in [0, 0.05) is 18.2 Å². The van der Waals surface area contributed by atoms with E-state index in [2.05, 4.69) is 21.0 Å². The number of nitrogens with zero attached hydrogens (tertiary/aromatic N) is 3. The molecule has 0 aliphatic rings. The molecule has 0 saturated carbocycles. The number of fused-ring (bicyclic) bond motifs is 1. The second kappa shape index (κ2) is 5.30. The first-order valence-corrected chi connectivity index (χ1v) is 6.76. The van der Waals surface area contributed by atoms with Crippen LogP contribution in [0.25, 0.3) is 22.3 Å². The summed E-state index contributed by atoms with van der Waals surface area (Å²) < 4.78 is 0. The summed E-state index contributed by atoms with van der Waals surface area (Å²) in [6.45, 7) is 1.93. The fourth-order valence-electron chi connectivity index (χ4n) is 2.35. The number of hydrogen-bond acceptors (Lipinski definition) is 4. The van der Waals surface area contributed by atoms with Crippen molar-refractivity contribution in [3.05, 3.63) is 47.4 Å². The maximum absolute atomic E-state index is 11.4. The van der Waals surface area contributed by atoms with Crippen LogP contribution in [0.5, 0.6) is 0 Å². The minimum Gasteiger partial charge on any atom is -0.478 e. The lowest BCUT2D eigenvalue weighted by Gasteiger charge is -2.06. The molecular formula is C16H12N4O2. The van der Waals surface area contributed by atoms with Crippen molar-refractivity contribution in [1.29, 1.82) is 5.26 Å². The summed E-state index contributed by atoms with van der Waals surface area (Å²) in [6.07, 6.45) is 2.04. The predicted octanol–water partition coefficient (Wildman–Crippen LogP) is 2.76. The number of aromatic nitrogens is 3. The number of nitrogens with one attached hydrogen (secondary N) is 1. The zero-order valence-electron chi connectivity index (χ0n) is 11.8. The van der Waals surface area contributed by atoms with Gasteiger partial charge in [-0.1, -0.05) is 19.1 Å². The van der Waals surface area contributed by atoms with E-state index in [9.17, 15) is 9.90 Å². The van der Waals surface area contributed by atoms with Gasteiger partial charge in [0.05, 0.1) is 28.3 Å². The number of H-pyrrole nitrogens is 1. The molecule has 0 spiro atoms. The SMILES string of the molecule is CCc1nc(-c2cccc(C#N)c2)c2c(C(=O)O)c[nH]c2n1. The Balaban J connectivity index is 2.37. The molecule has 0 bridgehead atoms. The van der Waals surface area contributed by atoms with E-state index in [4.69, 9.17) is 5.26 Å². The highest BCUT2D eigenvalue weighted by Gasteiger charge is 2.18. The van der Waals surface area contributed by atoms with Crippen LogP contribution < -0.4 is 0 Å². The molecular weight excluding hydrogens is 280 g/mol. The number of aromatic carboxylic acids is 1. The van der Waals surface area contributed by atoms with Crippen molar-refractivity contribution in [3.8, 4) is 17.3 Å². The number of carbonyl (C=O) groups is 1. The smallest absolute Gasteiger partial charge is 0.338 e. The van der Waals surface area contributed by atoms with Gasteiger partial charge in [0.2, 0.25) is 0 Å². The van der Waals surface area contributed by atoms with E-state index in [0.717, 1.165) is 0 Å². The molecule has 22 heavy (non-hydrogen) atoms. The van der Waals surface area contributed by atoms with Crippen LogP contribution in [-0.2, 0) is 6.42 Å². The van der Waals surface area contributed by atoms with E-state index < -0.39 is 5.97 Å². The molecule has 2 aromatic heterocycles. The van der Waals surface area contributed by atoms with Crippen LogP contribution in [0.2, 0.25) is 0 Å². The van der Waals surface area contributed by atoms with Crippen LogP contribution in [0.3, 0.4) is 0 Å². The summed E-state index contributed by atoms with van der Waals surface area (Å²) in [5.74, 6) is -0.430. The highest BCUT2D eigenvalue weighted by molar-refractivity contribution is 6.07. The molecule has 0 saturated heterocycles. The summed E-state index contributed by atoms with van der Waals surface area (Å²) in [5.41, 5.74) is 2.33. The van der Waals surface area contributed by atoms with Gasteiger partial charge in [-0.25, -0.2) is 14.8 Å². The van der Waals surface area contributed by atoms with E-state index in [1.807, 2.05) is 6.92 Å². The Morgan fingerprint density at radius 1 is 1.41 bits per heavy atom. The summed E-state index contributed by atoms with van der Waals surface area (Å²) in [4.78, 5) is 23.1. The van der Waals surface area contributed by atoms with Crippen LogP contribution >= 0.6 is 0 Å². The summed E-state index contributed by atoms with van der Waals surface area (Å²) >= 11 is 0. The molecule has 0 aliphatic heterocycles. The van der Waals surface area contributed by atoms with Gasteiger partial charge >= 0.3 is 5.97 Å². The molecule has 2 heterocycles. The molecule has 6 nitrogen and oxygen atoms in total. The Hall–Kier alpha value is -3.20. The maximum atomic E-state index is 11.4. The first-order valence-electron chi connectivity index (χ1n) is 6.76. The van der Waals surface area contributed by atoms with Crippen molar-refractivity contribution in [2.24, 2.45) is 0 Å². The van der Waals surface area contributed by atoms with Crippen LogP contribution in [-0.4, -0.2) is 26.0 Å². The van der Waals surface area contributed by atoms with E-state index in [1.54, 1.807) is 24.3 Å². The zero-order chi connectivity index (χ0) is 15.7. The molecule has 3 rings (SSSR count). The molecule has 0 fully saturated rings. The van der Waals surface area contributed by atoms with Gasteiger partial charge in [0.25, 0.3) is 0 Å². The van der Waals surface area contributed by atoms with Crippen LogP contribution in [0.4, 0.5) is 0 Å². The van der Waals surface area contributed by atoms with Gasteiger partial charge in [-0.15, -0.1) is 0 Å². The summed E-state index contributed by atoms with van der Waals surface area (Å²) in [7, 11) is 0. The van der Waals surface area contributed by atoms with Crippen molar-refractivity contribution in [2.45, 2.75) is 13.3 Å². The van der Waals surface area contributed by atoms with Gasteiger partial charge < -0.3 is 10.1 Å². The molecule has 0 unspecified atom stereocenters. The van der Waals surface area contributed by atoms with Crippen molar-refractivity contribution in [3.63, 3.8) is 0 Å². The van der Waals surface area contributed by atoms with Crippen LogP contribution in [0.15, 0.2) is 30.5 Å². The number of aromatic amines is 1. The Labute approximate surface area is 126 Å². The van der Waals surface area contributed by atoms with Gasteiger partial charge in [0.15, 0.2) is 0 Å². The zero-order valence-corrected chi connectivity index (χ0v) is 11.8. The predicted molar refractivity (Wildman–Crippen MR) is 80.4 cm³/mol. The normalized spacial score (nSPS) is 10.5. The van der Waals surface area contributed by atoms with Crippen molar-refractivity contribution < 1.29 is 9.90 Å². The van der Waals surface area contributed by atoms with Gasteiger partial charge in [-0.3, -0.25) is 0 Å². The lowest BCUT2D eigenvalue weighted by molar-refractivity contribution is 0.0699. The summed E-state index contributed by atoms with van der Waals surface area (Å²) in [5, 5.41) is 18.8. The van der Waals surface area contributed by atoms with E-state index in [-0.39, 0.29) is 5.56 Å². The number of rotatable bonds is 3. The Morgan fingerprint density at radius 2 is 2.23 bits per heavy atom. The Kier molecular flexibility index (Phi) is 3.31. The van der Waals surface area contributed by atoms with E-state index in [0.29, 0.717) is 40.1 Å². The molecule has 1 aromatic carbocycles. The fraction of sp³-hybridized carbons (Fsp3) is 0.125. The van der Waals surface area contributed by atoms with E-state index in [1.165, 1.54) is 6.20 Å². The van der Waals surface area contributed by atoms with Crippen molar-refractivity contribution >= 4 is 17.0 Å². The standard InChI is InChI=1S/C16H12N4O2/c1-2-12-19-14(10-5-3-4-9(6-10)7-17)13-11(16(21)22)8-18-15(13)20-12/h3-6,8H,2H2,1H3,(H,21,22)(H,18,19,20). The fourth-order valence-corrected chi connectivity index (χ4v) is 2.35. The number of aryl methyl sites for hydroxylation is 1. The first-order chi connectivity index (χ1) is 10.6. The minimum absolute atomic E-state index is 0.120. The average molecular weight is 292 g/mol. The molecule has 0 atom stereocenters. The Bertz CT molecular complexity index is 922.